The average molecular weight is 597 g/mol. The number of hydrogen-bond donors (Lipinski definition) is 1. The first-order chi connectivity index (χ1) is 19.6. The summed E-state index contributed by atoms with van der Waals surface area (Å²) in [6, 6.07) is 13.4. The van der Waals surface area contributed by atoms with Gasteiger partial charge in [0.15, 0.2) is 0 Å². The molecule has 0 unspecified atom stereocenters. The molecule has 0 saturated carbocycles. The molecule has 1 aliphatic heterocycles. The van der Waals surface area contributed by atoms with Gasteiger partial charge in [0.05, 0.1) is 17.2 Å². The highest BCUT2D eigenvalue weighted by Gasteiger charge is 2.42. The van der Waals surface area contributed by atoms with Gasteiger partial charge < -0.3 is 15.1 Å². The molecule has 1 N–H and O–H groups in total. The van der Waals surface area contributed by atoms with Gasteiger partial charge in [0.1, 0.15) is 5.82 Å². The van der Waals surface area contributed by atoms with Gasteiger partial charge in [-0.05, 0) is 41.5 Å². The number of anilines is 1. The largest absolute Gasteiger partial charge is 0.416 e. The SMILES string of the molecule is CN(C(=O)N(C)[C@@H]1CN(C(=O)NCc2ccccc2)C[C@H]1c1ccc(F)cc1)c1cc(C(F)(F)F)cc(C(F)(F)F)c1. The summed E-state index contributed by atoms with van der Waals surface area (Å²) in [4.78, 5) is 29.8. The Morgan fingerprint density at radius 2 is 1.43 bits per heavy atom. The number of halogens is 7. The van der Waals surface area contributed by atoms with E-state index in [2.05, 4.69) is 5.32 Å². The molecule has 1 saturated heterocycles. The minimum Gasteiger partial charge on any atom is -0.334 e. The van der Waals surface area contributed by atoms with Gasteiger partial charge in [0.2, 0.25) is 0 Å². The highest BCUT2D eigenvalue weighted by Crippen LogP contribution is 2.39. The lowest BCUT2D eigenvalue weighted by molar-refractivity contribution is -0.143. The fraction of sp³-hybridized carbons (Fsp3) is 0.310. The van der Waals surface area contributed by atoms with E-state index < -0.39 is 59.0 Å². The molecule has 0 bridgehead atoms. The van der Waals surface area contributed by atoms with Gasteiger partial charge in [0, 0.05) is 45.3 Å². The molecule has 2 atom stereocenters. The molecule has 0 radical (unpaired) electrons. The van der Waals surface area contributed by atoms with Gasteiger partial charge in [-0.15, -0.1) is 0 Å². The third kappa shape index (κ3) is 6.94. The second kappa shape index (κ2) is 11.9. The van der Waals surface area contributed by atoms with Crippen LogP contribution in [0.15, 0.2) is 72.8 Å². The standard InChI is InChI=1S/C29H27F7N4O2/c1-38(23-13-20(28(31,32)33)12-21(14-23)29(34,35)36)27(42)39(2)25-17-40(16-24(25)19-8-10-22(30)11-9-19)26(41)37-15-18-6-4-3-5-7-18/h3-14,24-25H,15-17H2,1-2H3,(H,37,41)/t24-,25+/m0/s1. The van der Waals surface area contributed by atoms with Crippen LogP contribution in [-0.4, -0.2) is 55.1 Å². The molecule has 224 valence electrons. The summed E-state index contributed by atoms with van der Waals surface area (Å²) in [6.07, 6.45) is -10.2. The van der Waals surface area contributed by atoms with Crippen molar-refractivity contribution in [1.29, 1.82) is 0 Å². The lowest BCUT2D eigenvalue weighted by Gasteiger charge is -2.33. The number of urea groups is 2. The van der Waals surface area contributed by atoms with E-state index in [9.17, 15) is 40.3 Å². The molecule has 0 aromatic heterocycles. The number of carbonyl (C=O) groups excluding carboxylic acids is 2. The van der Waals surface area contributed by atoms with Gasteiger partial charge in [-0.25, -0.2) is 14.0 Å². The number of likely N-dealkylation sites (tertiary alicyclic amines) is 1. The van der Waals surface area contributed by atoms with Crippen molar-refractivity contribution in [2.45, 2.75) is 30.9 Å². The third-order valence-corrected chi connectivity index (χ3v) is 7.21. The first-order valence-electron chi connectivity index (χ1n) is 12.8. The van der Waals surface area contributed by atoms with Gasteiger partial charge in [0.25, 0.3) is 0 Å². The molecule has 13 heteroatoms. The summed E-state index contributed by atoms with van der Waals surface area (Å²) >= 11 is 0. The first kappa shape index (κ1) is 30.7. The van der Waals surface area contributed by atoms with Gasteiger partial charge in [-0.2, -0.15) is 26.3 Å². The smallest absolute Gasteiger partial charge is 0.334 e. The molecule has 4 amide bonds. The first-order valence-corrected chi connectivity index (χ1v) is 12.8. The zero-order chi connectivity index (χ0) is 30.8. The molecule has 3 aromatic carbocycles. The van der Waals surface area contributed by atoms with Crippen molar-refractivity contribution < 1.29 is 40.3 Å². The van der Waals surface area contributed by atoms with E-state index in [1.807, 2.05) is 30.3 Å². The summed E-state index contributed by atoms with van der Waals surface area (Å²) < 4.78 is 94.1. The van der Waals surface area contributed by atoms with Crippen LogP contribution in [0.5, 0.6) is 0 Å². The van der Waals surface area contributed by atoms with E-state index in [1.54, 1.807) is 0 Å². The predicted octanol–water partition coefficient (Wildman–Crippen LogP) is 6.73. The van der Waals surface area contributed by atoms with Crippen LogP contribution in [0.1, 0.15) is 28.2 Å². The van der Waals surface area contributed by atoms with Crippen molar-refractivity contribution in [3.8, 4) is 0 Å². The number of likely N-dealkylation sites (N-methyl/N-ethyl adjacent to an activating group) is 1. The molecule has 0 spiro atoms. The molecular weight excluding hydrogens is 569 g/mol. The van der Waals surface area contributed by atoms with E-state index in [0.29, 0.717) is 22.6 Å². The molecule has 3 aromatic rings. The van der Waals surface area contributed by atoms with Crippen LogP contribution in [0, 0.1) is 5.82 Å². The number of nitrogens with one attached hydrogen (secondary N) is 1. The van der Waals surface area contributed by atoms with Gasteiger partial charge >= 0.3 is 24.4 Å². The highest BCUT2D eigenvalue weighted by atomic mass is 19.4. The van der Waals surface area contributed by atoms with Gasteiger partial charge in [-0.3, -0.25) is 4.90 Å². The zero-order valence-corrected chi connectivity index (χ0v) is 22.5. The summed E-state index contributed by atoms with van der Waals surface area (Å²) in [5.41, 5.74) is -2.27. The minimum absolute atomic E-state index is 0.00907. The van der Waals surface area contributed by atoms with Crippen molar-refractivity contribution >= 4 is 17.7 Å². The summed E-state index contributed by atoms with van der Waals surface area (Å²) in [5.74, 6) is -1.03. The second-order valence-corrected chi connectivity index (χ2v) is 9.99. The maximum Gasteiger partial charge on any atom is 0.416 e. The lowest BCUT2D eigenvalue weighted by atomic mass is 9.93. The van der Waals surface area contributed by atoms with Crippen molar-refractivity contribution in [1.82, 2.24) is 15.1 Å². The molecule has 42 heavy (non-hydrogen) atoms. The van der Waals surface area contributed by atoms with Gasteiger partial charge in [-0.1, -0.05) is 42.5 Å². The predicted molar refractivity (Wildman–Crippen MR) is 141 cm³/mol. The van der Waals surface area contributed by atoms with E-state index >= 15 is 0 Å². The molecule has 6 nitrogen and oxygen atoms in total. The number of amides is 4. The minimum atomic E-state index is -5.08. The van der Waals surface area contributed by atoms with Crippen LogP contribution < -0.4 is 10.2 Å². The Labute approximate surface area is 237 Å². The monoisotopic (exact) mass is 596 g/mol. The molecule has 4 rings (SSSR count). The maximum atomic E-state index is 13.6. The van der Waals surface area contributed by atoms with Crippen LogP contribution in [0.3, 0.4) is 0 Å². The van der Waals surface area contributed by atoms with E-state index in [4.69, 9.17) is 0 Å². The zero-order valence-electron chi connectivity index (χ0n) is 22.5. The number of alkyl halides is 6. The van der Waals surface area contributed by atoms with Crippen LogP contribution >= 0.6 is 0 Å². The van der Waals surface area contributed by atoms with Crippen LogP contribution in [-0.2, 0) is 18.9 Å². The number of benzene rings is 3. The molecular formula is C29H27F7N4O2. The Morgan fingerprint density at radius 3 is 1.98 bits per heavy atom. The fourth-order valence-electron chi connectivity index (χ4n) is 4.89. The molecule has 1 aliphatic rings. The Balaban J connectivity index is 1.60. The second-order valence-electron chi connectivity index (χ2n) is 9.99. The Kier molecular flexibility index (Phi) is 8.69. The normalized spacial score (nSPS) is 17.2. The summed E-state index contributed by atoms with van der Waals surface area (Å²) in [7, 11) is 2.42. The number of hydrogen-bond acceptors (Lipinski definition) is 2. The van der Waals surface area contributed by atoms with Crippen LogP contribution in [0.2, 0.25) is 0 Å². The summed E-state index contributed by atoms with van der Waals surface area (Å²) in [6.45, 7) is 0.367. The maximum absolute atomic E-state index is 13.6. The Bertz CT molecular complexity index is 1380. The van der Waals surface area contributed by atoms with Crippen molar-refractivity contribution in [3.05, 3.63) is 101 Å². The lowest BCUT2D eigenvalue weighted by Crippen LogP contribution is -2.48. The highest BCUT2D eigenvalue weighted by molar-refractivity contribution is 5.92. The fourth-order valence-corrected chi connectivity index (χ4v) is 4.89. The van der Waals surface area contributed by atoms with Crippen molar-refractivity contribution in [2.75, 3.05) is 32.1 Å². The Hall–Kier alpha value is -4.29. The van der Waals surface area contributed by atoms with E-state index in [-0.39, 0.29) is 25.7 Å². The topological polar surface area (TPSA) is 55.9 Å². The van der Waals surface area contributed by atoms with Crippen LogP contribution in [0.4, 0.5) is 46.0 Å². The van der Waals surface area contributed by atoms with E-state index in [0.717, 1.165) is 12.6 Å². The molecule has 0 aliphatic carbocycles. The average Bonchev–Trinajstić information content (AvgIpc) is 3.40. The van der Waals surface area contributed by atoms with E-state index in [1.165, 1.54) is 41.1 Å². The summed E-state index contributed by atoms with van der Waals surface area (Å²) in [5, 5.41) is 2.80. The molecule has 1 fully saturated rings. The number of rotatable bonds is 5. The Morgan fingerprint density at radius 1 is 0.857 bits per heavy atom. The third-order valence-electron chi connectivity index (χ3n) is 7.21. The van der Waals surface area contributed by atoms with Crippen LogP contribution in [0.25, 0.3) is 0 Å². The van der Waals surface area contributed by atoms with Crippen molar-refractivity contribution in [3.63, 3.8) is 0 Å². The number of carbonyl (C=O) groups is 2. The number of nitrogens with zero attached hydrogens (tertiary/aromatic N) is 3. The van der Waals surface area contributed by atoms with Crippen molar-refractivity contribution in [2.24, 2.45) is 0 Å². The molecule has 1 heterocycles. The quantitative estimate of drug-likeness (QED) is 0.332.